The third kappa shape index (κ3) is 3.40. The molecule has 0 aliphatic heterocycles. The van der Waals surface area contributed by atoms with Crippen LogP contribution in [-0.2, 0) is 9.53 Å². The Labute approximate surface area is 98.7 Å². The molecule has 1 aromatic rings. The first-order valence-electron chi connectivity index (χ1n) is 4.69. The summed E-state index contributed by atoms with van der Waals surface area (Å²) in [6, 6.07) is 5.15. The summed E-state index contributed by atoms with van der Waals surface area (Å²) >= 11 is 5.92. The van der Waals surface area contributed by atoms with E-state index in [-0.39, 0.29) is 6.61 Å². The van der Waals surface area contributed by atoms with E-state index in [9.17, 15) is 4.79 Å². The fraction of sp³-hybridized carbons (Fsp3) is 0.364. The third-order valence-electron chi connectivity index (χ3n) is 1.95. The largest absolute Gasteiger partial charge is 0.478 e. The molecule has 0 heterocycles. The second kappa shape index (κ2) is 5.72. The van der Waals surface area contributed by atoms with Crippen LogP contribution in [0.4, 0.5) is 0 Å². The van der Waals surface area contributed by atoms with E-state index in [0.29, 0.717) is 10.8 Å². The summed E-state index contributed by atoms with van der Waals surface area (Å²) in [5.74, 6) is -0.741. The van der Waals surface area contributed by atoms with Crippen molar-refractivity contribution in [2.24, 2.45) is 0 Å². The summed E-state index contributed by atoms with van der Waals surface area (Å²) in [7, 11) is 1.41. The lowest BCUT2D eigenvalue weighted by Crippen LogP contribution is -2.31. The number of ether oxygens (including phenoxy) is 2. The molecule has 1 atom stereocenters. The molecule has 1 aromatic carbocycles. The molecule has 0 saturated heterocycles. The maximum Gasteiger partial charge on any atom is 0.347 e. The monoisotopic (exact) mass is 244 g/mol. The zero-order valence-electron chi connectivity index (χ0n) is 9.07. The van der Waals surface area contributed by atoms with Gasteiger partial charge in [0.25, 0.3) is 0 Å². The summed E-state index contributed by atoms with van der Waals surface area (Å²) in [6.07, 6.45) is -1.05. The van der Waals surface area contributed by atoms with Gasteiger partial charge in [-0.15, -0.1) is 0 Å². The van der Waals surface area contributed by atoms with E-state index >= 15 is 0 Å². The molecule has 0 bridgehead atoms. The number of benzene rings is 1. The molecule has 5 heteroatoms. The Bertz CT molecular complexity index is 378. The van der Waals surface area contributed by atoms with Crippen LogP contribution in [0, 0.1) is 6.92 Å². The minimum absolute atomic E-state index is 0.0282. The van der Waals surface area contributed by atoms with Gasteiger partial charge >= 0.3 is 5.97 Å². The molecular formula is C11H13ClO4. The third-order valence-corrected chi connectivity index (χ3v) is 2.25. The van der Waals surface area contributed by atoms with Crippen molar-refractivity contribution >= 4 is 17.6 Å². The number of carboxylic acid groups (broad SMARTS) is 1. The van der Waals surface area contributed by atoms with Crippen LogP contribution >= 0.6 is 11.6 Å². The van der Waals surface area contributed by atoms with Gasteiger partial charge in [-0.3, -0.25) is 0 Å². The van der Waals surface area contributed by atoms with Gasteiger partial charge in [0.15, 0.2) is 0 Å². The Morgan fingerprint density at radius 2 is 2.25 bits per heavy atom. The Hall–Kier alpha value is -1.26. The van der Waals surface area contributed by atoms with E-state index in [2.05, 4.69) is 0 Å². The standard InChI is InChI=1S/C11H13ClO4/c1-7-3-4-9(8(12)5-7)16-10(6-15-2)11(13)14/h3-5,10H,6H2,1-2H3,(H,13,14). The molecular weight excluding hydrogens is 232 g/mol. The minimum Gasteiger partial charge on any atom is -0.478 e. The number of halogens is 1. The number of aliphatic carboxylic acids is 1. The summed E-state index contributed by atoms with van der Waals surface area (Å²) in [4.78, 5) is 10.8. The highest BCUT2D eigenvalue weighted by Gasteiger charge is 2.20. The molecule has 0 spiro atoms. The second-order valence-electron chi connectivity index (χ2n) is 3.33. The van der Waals surface area contributed by atoms with Crippen LogP contribution in [0.3, 0.4) is 0 Å². The van der Waals surface area contributed by atoms with Crippen molar-refractivity contribution < 1.29 is 19.4 Å². The molecule has 0 saturated carbocycles. The number of aryl methyl sites for hydroxylation is 1. The van der Waals surface area contributed by atoms with E-state index in [1.165, 1.54) is 7.11 Å². The first kappa shape index (κ1) is 12.8. The molecule has 1 unspecified atom stereocenters. The predicted octanol–water partition coefficient (Wildman–Crippen LogP) is 2.13. The highest BCUT2D eigenvalue weighted by Crippen LogP contribution is 2.26. The van der Waals surface area contributed by atoms with Crippen molar-refractivity contribution in [1.29, 1.82) is 0 Å². The van der Waals surface area contributed by atoms with Crippen molar-refractivity contribution in [3.63, 3.8) is 0 Å². The topological polar surface area (TPSA) is 55.8 Å². The summed E-state index contributed by atoms with van der Waals surface area (Å²) in [5, 5.41) is 9.25. The van der Waals surface area contributed by atoms with Crippen LogP contribution in [-0.4, -0.2) is 30.9 Å². The lowest BCUT2D eigenvalue weighted by atomic mass is 10.2. The number of carbonyl (C=O) groups is 1. The van der Waals surface area contributed by atoms with Gasteiger partial charge in [0.05, 0.1) is 11.6 Å². The number of hydrogen-bond donors (Lipinski definition) is 1. The molecule has 0 fully saturated rings. The predicted molar refractivity (Wildman–Crippen MR) is 60.1 cm³/mol. The van der Waals surface area contributed by atoms with Crippen LogP contribution in [0.25, 0.3) is 0 Å². The fourth-order valence-corrected chi connectivity index (χ4v) is 1.44. The zero-order valence-corrected chi connectivity index (χ0v) is 9.82. The fourth-order valence-electron chi connectivity index (χ4n) is 1.16. The summed E-state index contributed by atoms with van der Waals surface area (Å²) in [5.41, 5.74) is 0.982. The second-order valence-corrected chi connectivity index (χ2v) is 3.74. The normalized spacial score (nSPS) is 12.2. The Morgan fingerprint density at radius 3 is 2.75 bits per heavy atom. The van der Waals surface area contributed by atoms with E-state index in [0.717, 1.165) is 5.56 Å². The number of carboxylic acids is 1. The first-order valence-corrected chi connectivity index (χ1v) is 5.07. The molecule has 0 radical (unpaired) electrons. The number of rotatable bonds is 5. The van der Waals surface area contributed by atoms with Crippen LogP contribution in [0.5, 0.6) is 5.75 Å². The van der Waals surface area contributed by atoms with Gasteiger partial charge in [-0.25, -0.2) is 4.79 Å². The van der Waals surface area contributed by atoms with Gasteiger partial charge in [-0.2, -0.15) is 0 Å². The molecule has 0 aliphatic carbocycles. The average molecular weight is 245 g/mol. The molecule has 0 aliphatic rings. The van der Waals surface area contributed by atoms with Crippen LogP contribution in [0.15, 0.2) is 18.2 Å². The van der Waals surface area contributed by atoms with Gasteiger partial charge in [0.1, 0.15) is 5.75 Å². The molecule has 0 amide bonds. The first-order chi connectivity index (χ1) is 7.54. The van der Waals surface area contributed by atoms with Crippen molar-refractivity contribution in [2.45, 2.75) is 13.0 Å². The lowest BCUT2D eigenvalue weighted by molar-refractivity contribution is -0.147. The Morgan fingerprint density at radius 1 is 1.56 bits per heavy atom. The Kier molecular flexibility index (Phi) is 4.58. The molecule has 1 rings (SSSR count). The minimum atomic E-state index is -1.08. The van der Waals surface area contributed by atoms with E-state index in [1.807, 2.05) is 6.92 Å². The highest BCUT2D eigenvalue weighted by molar-refractivity contribution is 6.32. The molecule has 4 nitrogen and oxygen atoms in total. The molecule has 1 N–H and O–H groups in total. The lowest BCUT2D eigenvalue weighted by Gasteiger charge is -2.15. The van der Waals surface area contributed by atoms with Gasteiger partial charge in [-0.1, -0.05) is 17.7 Å². The van der Waals surface area contributed by atoms with Gasteiger partial charge < -0.3 is 14.6 Å². The molecule has 16 heavy (non-hydrogen) atoms. The quantitative estimate of drug-likeness (QED) is 0.862. The summed E-state index contributed by atoms with van der Waals surface area (Å²) in [6.45, 7) is 1.86. The van der Waals surface area contributed by atoms with E-state index < -0.39 is 12.1 Å². The van der Waals surface area contributed by atoms with E-state index in [1.54, 1.807) is 18.2 Å². The van der Waals surface area contributed by atoms with Crippen molar-refractivity contribution in [3.05, 3.63) is 28.8 Å². The average Bonchev–Trinajstić information content (AvgIpc) is 2.20. The molecule has 88 valence electrons. The van der Waals surface area contributed by atoms with Crippen molar-refractivity contribution in [1.82, 2.24) is 0 Å². The SMILES string of the molecule is COCC(Oc1ccc(C)cc1Cl)C(=O)O. The maximum atomic E-state index is 10.8. The highest BCUT2D eigenvalue weighted by atomic mass is 35.5. The van der Waals surface area contributed by atoms with Gasteiger partial charge in [0.2, 0.25) is 6.10 Å². The van der Waals surface area contributed by atoms with Crippen LogP contribution < -0.4 is 4.74 Å². The maximum absolute atomic E-state index is 10.8. The van der Waals surface area contributed by atoms with Crippen LogP contribution in [0.1, 0.15) is 5.56 Å². The summed E-state index contributed by atoms with van der Waals surface area (Å²) < 4.78 is 10.00. The smallest absolute Gasteiger partial charge is 0.347 e. The van der Waals surface area contributed by atoms with Crippen molar-refractivity contribution in [3.8, 4) is 5.75 Å². The van der Waals surface area contributed by atoms with Crippen molar-refractivity contribution in [2.75, 3.05) is 13.7 Å². The Balaban J connectivity index is 2.81. The number of hydrogen-bond acceptors (Lipinski definition) is 3. The van der Waals surface area contributed by atoms with Gasteiger partial charge in [-0.05, 0) is 24.6 Å². The number of methoxy groups -OCH3 is 1. The zero-order chi connectivity index (χ0) is 12.1. The van der Waals surface area contributed by atoms with Crippen LogP contribution in [0.2, 0.25) is 5.02 Å². The van der Waals surface area contributed by atoms with Gasteiger partial charge in [0, 0.05) is 7.11 Å². The molecule has 0 aromatic heterocycles. The van der Waals surface area contributed by atoms with E-state index in [4.69, 9.17) is 26.2 Å².